The number of hydrogen-bond acceptors (Lipinski definition) is 2. The van der Waals surface area contributed by atoms with E-state index in [1.165, 1.54) is 0 Å². The van der Waals surface area contributed by atoms with Gasteiger partial charge in [0.05, 0.1) is 10.7 Å². The van der Waals surface area contributed by atoms with E-state index in [1.54, 1.807) is 6.07 Å². The third kappa shape index (κ3) is 2.71. The molecule has 1 saturated carbocycles. The molecule has 1 aliphatic rings. The lowest BCUT2D eigenvalue weighted by Crippen LogP contribution is -2.55. The van der Waals surface area contributed by atoms with Crippen molar-refractivity contribution in [1.29, 1.82) is 0 Å². The van der Waals surface area contributed by atoms with Crippen LogP contribution in [0.1, 0.15) is 33.1 Å². The lowest BCUT2D eigenvalue weighted by atomic mass is 9.69. The van der Waals surface area contributed by atoms with Gasteiger partial charge in [-0.3, -0.25) is 0 Å². The van der Waals surface area contributed by atoms with Gasteiger partial charge in [0.15, 0.2) is 0 Å². The number of para-hydroxylation sites is 1. The van der Waals surface area contributed by atoms with Crippen molar-refractivity contribution >= 4 is 23.3 Å². The van der Waals surface area contributed by atoms with Gasteiger partial charge in [-0.15, -0.1) is 0 Å². The molecular weight excluding hydrogens is 262 g/mol. The zero-order valence-electron chi connectivity index (χ0n) is 11.3. The summed E-state index contributed by atoms with van der Waals surface area (Å²) in [6.07, 6.45) is 2.64. The van der Waals surface area contributed by atoms with Gasteiger partial charge in [-0.1, -0.05) is 44.0 Å². The highest BCUT2D eigenvalue weighted by Gasteiger charge is 2.47. The van der Waals surface area contributed by atoms with Gasteiger partial charge in [0.1, 0.15) is 5.54 Å². The van der Waals surface area contributed by atoms with E-state index in [0.717, 1.165) is 12.8 Å². The second kappa shape index (κ2) is 5.41. The molecule has 2 N–H and O–H groups in total. The lowest BCUT2D eigenvalue weighted by molar-refractivity contribution is -0.146. The number of carbonyl (C=O) groups is 1. The van der Waals surface area contributed by atoms with Crippen LogP contribution in [-0.2, 0) is 4.79 Å². The molecule has 1 aromatic carbocycles. The first-order chi connectivity index (χ1) is 8.95. The number of anilines is 1. The smallest absolute Gasteiger partial charge is 0.329 e. The molecule has 1 aliphatic carbocycles. The second-order valence-corrected chi connectivity index (χ2v) is 6.08. The van der Waals surface area contributed by atoms with Crippen molar-refractivity contribution in [2.24, 2.45) is 11.8 Å². The number of nitrogens with one attached hydrogen (secondary N) is 1. The fourth-order valence-electron chi connectivity index (χ4n) is 2.96. The summed E-state index contributed by atoms with van der Waals surface area (Å²) in [6, 6.07) is 7.31. The van der Waals surface area contributed by atoms with Crippen molar-refractivity contribution in [3.63, 3.8) is 0 Å². The predicted molar refractivity (Wildman–Crippen MR) is 77.6 cm³/mol. The van der Waals surface area contributed by atoms with Gasteiger partial charge in [0.25, 0.3) is 0 Å². The summed E-state index contributed by atoms with van der Waals surface area (Å²) in [5.41, 5.74) is -0.213. The topological polar surface area (TPSA) is 49.3 Å². The van der Waals surface area contributed by atoms with Crippen LogP contribution in [-0.4, -0.2) is 16.6 Å². The van der Waals surface area contributed by atoms with Gasteiger partial charge in [-0.05, 0) is 36.8 Å². The molecule has 1 aromatic rings. The molecule has 1 fully saturated rings. The molecule has 0 aliphatic heterocycles. The van der Waals surface area contributed by atoms with Gasteiger partial charge in [0, 0.05) is 0 Å². The summed E-state index contributed by atoms with van der Waals surface area (Å²) >= 11 is 6.14. The van der Waals surface area contributed by atoms with Crippen LogP contribution in [0.25, 0.3) is 0 Å². The molecule has 0 aromatic heterocycles. The maximum atomic E-state index is 11.8. The molecule has 3 nitrogen and oxygen atoms in total. The van der Waals surface area contributed by atoms with Crippen molar-refractivity contribution in [1.82, 2.24) is 0 Å². The Kier molecular flexibility index (Phi) is 4.04. The van der Waals surface area contributed by atoms with E-state index in [1.807, 2.05) is 25.1 Å². The standard InChI is InChI=1S/C15H20ClNO2/c1-10-7-8-11(2)15(9-10,14(18)19)17-13-6-4-3-5-12(13)16/h3-6,10-11,17H,7-9H2,1-2H3,(H,18,19). The molecule has 3 atom stereocenters. The molecule has 0 amide bonds. The Hall–Kier alpha value is -1.22. The summed E-state index contributed by atoms with van der Waals surface area (Å²) in [6.45, 7) is 4.11. The van der Waals surface area contributed by atoms with Gasteiger partial charge >= 0.3 is 5.97 Å². The van der Waals surface area contributed by atoms with Crippen LogP contribution >= 0.6 is 11.6 Å². The molecule has 19 heavy (non-hydrogen) atoms. The van der Waals surface area contributed by atoms with Gasteiger partial charge in [-0.25, -0.2) is 4.79 Å². The molecule has 4 heteroatoms. The first-order valence-corrected chi connectivity index (χ1v) is 7.09. The van der Waals surface area contributed by atoms with Crippen molar-refractivity contribution in [3.8, 4) is 0 Å². The Morgan fingerprint density at radius 1 is 1.37 bits per heavy atom. The molecular formula is C15H20ClNO2. The molecule has 0 heterocycles. The average Bonchev–Trinajstić information content (AvgIpc) is 2.36. The minimum atomic E-state index is -0.914. The highest BCUT2D eigenvalue weighted by Crippen LogP contribution is 2.40. The van der Waals surface area contributed by atoms with Crippen LogP contribution < -0.4 is 5.32 Å². The van der Waals surface area contributed by atoms with Crippen molar-refractivity contribution < 1.29 is 9.90 Å². The minimum Gasteiger partial charge on any atom is -0.479 e. The number of halogens is 1. The van der Waals surface area contributed by atoms with Crippen LogP contribution in [0.15, 0.2) is 24.3 Å². The van der Waals surface area contributed by atoms with E-state index in [4.69, 9.17) is 11.6 Å². The number of benzene rings is 1. The molecule has 0 saturated heterocycles. The molecule has 104 valence electrons. The monoisotopic (exact) mass is 281 g/mol. The third-order valence-corrected chi connectivity index (χ3v) is 4.55. The zero-order chi connectivity index (χ0) is 14.0. The third-order valence-electron chi connectivity index (χ3n) is 4.22. The van der Waals surface area contributed by atoms with Crippen LogP contribution in [0, 0.1) is 11.8 Å². The van der Waals surface area contributed by atoms with Crippen LogP contribution in [0.5, 0.6) is 0 Å². The van der Waals surface area contributed by atoms with Crippen molar-refractivity contribution in [3.05, 3.63) is 29.3 Å². The van der Waals surface area contributed by atoms with E-state index in [2.05, 4.69) is 12.2 Å². The Balaban J connectivity index is 2.35. The van der Waals surface area contributed by atoms with Crippen LogP contribution in [0.3, 0.4) is 0 Å². The van der Waals surface area contributed by atoms with Gasteiger partial charge in [0.2, 0.25) is 0 Å². The van der Waals surface area contributed by atoms with E-state index in [0.29, 0.717) is 23.0 Å². The zero-order valence-corrected chi connectivity index (χ0v) is 12.1. The lowest BCUT2D eigenvalue weighted by Gasteiger charge is -2.43. The first kappa shape index (κ1) is 14.2. The summed E-state index contributed by atoms with van der Waals surface area (Å²) < 4.78 is 0. The van der Waals surface area contributed by atoms with Crippen molar-refractivity contribution in [2.75, 3.05) is 5.32 Å². The number of carboxylic acid groups (broad SMARTS) is 1. The Morgan fingerprint density at radius 3 is 2.68 bits per heavy atom. The average molecular weight is 282 g/mol. The molecule has 3 unspecified atom stereocenters. The van der Waals surface area contributed by atoms with Gasteiger partial charge < -0.3 is 10.4 Å². The fourth-order valence-corrected chi connectivity index (χ4v) is 3.15. The van der Waals surface area contributed by atoms with E-state index < -0.39 is 11.5 Å². The SMILES string of the molecule is CC1CCC(C)C(Nc2ccccc2Cl)(C(=O)O)C1. The van der Waals surface area contributed by atoms with Crippen LogP contribution in [0.2, 0.25) is 5.02 Å². The Bertz CT molecular complexity index is 477. The summed E-state index contributed by atoms with van der Waals surface area (Å²) in [5.74, 6) is -0.300. The number of rotatable bonds is 3. The largest absolute Gasteiger partial charge is 0.479 e. The highest BCUT2D eigenvalue weighted by atomic mass is 35.5. The number of aliphatic carboxylic acids is 1. The number of hydrogen-bond donors (Lipinski definition) is 2. The van der Waals surface area contributed by atoms with E-state index in [-0.39, 0.29) is 5.92 Å². The summed E-state index contributed by atoms with van der Waals surface area (Å²) in [4.78, 5) is 11.8. The van der Waals surface area contributed by atoms with E-state index in [9.17, 15) is 9.90 Å². The Labute approximate surface area is 119 Å². The molecule has 0 spiro atoms. The molecule has 0 bridgehead atoms. The predicted octanol–water partition coefficient (Wildman–Crippen LogP) is 4.03. The first-order valence-electron chi connectivity index (χ1n) is 6.72. The maximum Gasteiger partial charge on any atom is 0.329 e. The normalized spacial score (nSPS) is 30.9. The van der Waals surface area contributed by atoms with Crippen molar-refractivity contribution in [2.45, 2.75) is 38.6 Å². The molecule has 2 rings (SSSR count). The van der Waals surface area contributed by atoms with E-state index >= 15 is 0 Å². The Morgan fingerprint density at radius 2 is 2.05 bits per heavy atom. The summed E-state index contributed by atoms with van der Waals surface area (Å²) in [7, 11) is 0. The number of carboxylic acids is 1. The van der Waals surface area contributed by atoms with Crippen LogP contribution in [0.4, 0.5) is 5.69 Å². The molecule has 0 radical (unpaired) electrons. The highest BCUT2D eigenvalue weighted by molar-refractivity contribution is 6.33. The second-order valence-electron chi connectivity index (χ2n) is 5.67. The summed E-state index contributed by atoms with van der Waals surface area (Å²) in [5, 5.41) is 13.5. The van der Waals surface area contributed by atoms with Gasteiger partial charge in [-0.2, -0.15) is 0 Å². The maximum absolute atomic E-state index is 11.8. The quantitative estimate of drug-likeness (QED) is 0.879. The fraction of sp³-hybridized carbons (Fsp3) is 0.533. The minimum absolute atomic E-state index is 0.0810.